The average Bonchev–Trinajstić information content (AvgIpc) is 3.21. The summed E-state index contributed by atoms with van der Waals surface area (Å²) < 4.78 is 5.16. The lowest BCUT2D eigenvalue weighted by atomic mass is 9.95. The Bertz CT molecular complexity index is 657. The number of hydrogen-bond acceptors (Lipinski definition) is 4. The largest absolute Gasteiger partial charge is 0.459 e. The predicted molar refractivity (Wildman–Crippen MR) is 99.2 cm³/mol. The normalized spacial score (nSPS) is 18.7. The Morgan fingerprint density at radius 3 is 2.19 bits per heavy atom. The Morgan fingerprint density at radius 2 is 1.63 bits per heavy atom. The van der Waals surface area contributed by atoms with Crippen molar-refractivity contribution in [2.24, 2.45) is 5.92 Å². The number of likely N-dealkylation sites (tertiary alicyclic amines) is 1. The molecule has 0 atom stereocenters. The molecule has 3 heterocycles. The SMILES string of the molecule is CC(C)NC(=O)N1CCC(C(=O)N2CCN(C(=O)c3ccco3)CC2)CC1. The van der Waals surface area contributed by atoms with Crippen molar-refractivity contribution in [3.8, 4) is 0 Å². The molecule has 2 aliphatic rings. The second-order valence-electron chi connectivity index (χ2n) is 7.46. The van der Waals surface area contributed by atoms with Crippen LogP contribution in [0.2, 0.25) is 0 Å². The lowest BCUT2D eigenvalue weighted by Crippen LogP contribution is -2.53. The van der Waals surface area contributed by atoms with Gasteiger partial charge < -0.3 is 24.4 Å². The quantitative estimate of drug-likeness (QED) is 0.864. The maximum atomic E-state index is 12.8. The van der Waals surface area contributed by atoms with Crippen molar-refractivity contribution in [1.29, 1.82) is 0 Å². The molecule has 27 heavy (non-hydrogen) atoms. The summed E-state index contributed by atoms with van der Waals surface area (Å²) in [7, 11) is 0. The fourth-order valence-corrected chi connectivity index (χ4v) is 3.61. The topological polar surface area (TPSA) is 86.1 Å². The van der Waals surface area contributed by atoms with Crippen molar-refractivity contribution in [1.82, 2.24) is 20.0 Å². The molecule has 0 bridgehead atoms. The first kappa shape index (κ1) is 19.3. The molecule has 2 fully saturated rings. The van der Waals surface area contributed by atoms with Gasteiger partial charge in [0.2, 0.25) is 5.91 Å². The average molecular weight is 376 g/mol. The van der Waals surface area contributed by atoms with Crippen LogP contribution < -0.4 is 5.32 Å². The van der Waals surface area contributed by atoms with E-state index in [1.54, 1.807) is 21.9 Å². The molecule has 0 saturated carbocycles. The third kappa shape index (κ3) is 4.61. The summed E-state index contributed by atoms with van der Waals surface area (Å²) in [4.78, 5) is 42.5. The Labute approximate surface area is 159 Å². The number of piperidine rings is 1. The molecule has 1 aromatic heterocycles. The number of amides is 4. The van der Waals surface area contributed by atoms with E-state index in [0.717, 1.165) is 0 Å². The van der Waals surface area contributed by atoms with Crippen molar-refractivity contribution in [3.63, 3.8) is 0 Å². The monoisotopic (exact) mass is 376 g/mol. The maximum absolute atomic E-state index is 12.8. The number of nitrogens with zero attached hydrogens (tertiary/aromatic N) is 3. The van der Waals surface area contributed by atoms with Gasteiger partial charge in [-0.2, -0.15) is 0 Å². The highest BCUT2D eigenvalue weighted by atomic mass is 16.3. The Balaban J connectivity index is 1.45. The number of furan rings is 1. The van der Waals surface area contributed by atoms with Crippen molar-refractivity contribution in [2.45, 2.75) is 32.7 Å². The molecule has 4 amide bonds. The highest BCUT2D eigenvalue weighted by molar-refractivity contribution is 5.91. The molecule has 3 rings (SSSR count). The lowest BCUT2D eigenvalue weighted by Gasteiger charge is -2.38. The minimum absolute atomic E-state index is 0.0413. The number of rotatable bonds is 3. The Kier molecular flexibility index (Phi) is 6.03. The number of carbonyl (C=O) groups excluding carboxylic acids is 3. The number of urea groups is 1. The molecule has 0 radical (unpaired) electrons. The van der Waals surface area contributed by atoms with Crippen LogP contribution in [0, 0.1) is 5.92 Å². The van der Waals surface area contributed by atoms with Crippen LogP contribution in [-0.2, 0) is 4.79 Å². The van der Waals surface area contributed by atoms with Gasteiger partial charge in [-0.15, -0.1) is 0 Å². The molecular weight excluding hydrogens is 348 g/mol. The molecule has 2 aliphatic heterocycles. The van der Waals surface area contributed by atoms with Crippen molar-refractivity contribution < 1.29 is 18.8 Å². The van der Waals surface area contributed by atoms with Gasteiger partial charge in [-0.3, -0.25) is 9.59 Å². The molecule has 1 N–H and O–H groups in total. The van der Waals surface area contributed by atoms with E-state index in [-0.39, 0.29) is 29.8 Å². The minimum Gasteiger partial charge on any atom is -0.459 e. The first-order valence-electron chi connectivity index (χ1n) is 9.62. The van der Waals surface area contributed by atoms with Crippen LogP contribution in [0.25, 0.3) is 0 Å². The molecular formula is C19H28N4O4. The minimum atomic E-state index is -0.128. The summed E-state index contributed by atoms with van der Waals surface area (Å²) in [5.41, 5.74) is 0. The summed E-state index contributed by atoms with van der Waals surface area (Å²) in [6, 6.07) is 3.40. The summed E-state index contributed by atoms with van der Waals surface area (Å²) in [5.74, 6) is 0.308. The van der Waals surface area contributed by atoms with Gasteiger partial charge in [0.15, 0.2) is 5.76 Å². The molecule has 0 unspecified atom stereocenters. The summed E-state index contributed by atoms with van der Waals surface area (Å²) in [6.07, 6.45) is 2.87. The number of piperazine rings is 1. The van der Waals surface area contributed by atoms with Gasteiger partial charge in [0.25, 0.3) is 5.91 Å². The van der Waals surface area contributed by atoms with Crippen LogP contribution in [0.1, 0.15) is 37.2 Å². The summed E-state index contributed by atoms with van der Waals surface area (Å²) >= 11 is 0. The van der Waals surface area contributed by atoms with Gasteiger partial charge >= 0.3 is 6.03 Å². The zero-order chi connectivity index (χ0) is 19.4. The molecule has 2 saturated heterocycles. The summed E-state index contributed by atoms with van der Waals surface area (Å²) in [6.45, 7) is 7.19. The van der Waals surface area contributed by atoms with Crippen LogP contribution in [0.5, 0.6) is 0 Å². The first-order chi connectivity index (χ1) is 13.0. The second-order valence-corrected chi connectivity index (χ2v) is 7.46. The third-order valence-corrected chi connectivity index (χ3v) is 5.15. The predicted octanol–water partition coefficient (Wildman–Crippen LogP) is 1.39. The van der Waals surface area contributed by atoms with Crippen molar-refractivity contribution in [2.75, 3.05) is 39.3 Å². The fourth-order valence-electron chi connectivity index (χ4n) is 3.61. The van der Waals surface area contributed by atoms with Gasteiger partial charge in [0.1, 0.15) is 0 Å². The van der Waals surface area contributed by atoms with E-state index in [9.17, 15) is 14.4 Å². The van der Waals surface area contributed by atoms with Crippen LogP contribution in [0.3, 0.4) is 0 Å². The molecule has 0 aromatic carbocycles. The smallest absolute Gasteiger partial charge is 0.317 e. The van der Waals surface area contributed by atoms with E-state index < -0.39 is 0 Å². The summed E-state index contributed by atoms with van der Waals surface area (Å²) in [5, 5.41) is 2.89. The first-order valence-corrected chi connectivity index (χ1v) is 9.62. The standard InChI is InChI=1S/C19H28N4O4/c1-14(2)20-19(26)23-7-5-15(6-8-23)17(24)21-9-11-22(12-10-21)18(25)16-4-3-13-27-16/h3-4,13-15H,5-12H2,1-2H3,(H,20,26). The molecule has 0 aliphatic carbocycles. The van der Waals surface area contributed by atoms with Gasteiger partial charge in [0, 0.05) is 51.2 Å². The number of nitrogens with one attached hydrogen (secondary N) is 1. The van der Waals surface area contributed by atoms with E-state index in [2.05, 4.69) is 5.32 Å². The van der Waals surface area contributed by atoms with Crippen molar-refractivity contribution in [3.05, 3.63) is 24.2 Å². The highest BCUT2D eigenvalue weighted by Gasteiger charge is 2.32. The van der Waals surface area contributed by atoms with Crippen LogP contribution in [0.4, 0.5) is 4.79 Å². The van der Waals surface area contributed by atoms with Crippen LogP contribution in [0.15, 0.2) is 22.8 Å². The van der Waals surface area contributed by atoms with Gasteiger partial charge in [0.05, 0.1) is 6.26 Å². The second kappa shape index (κ2) is 8.45. The van der Waals surface area contributed by atoms with E-state index in [1.807, 2.05) is 18.7 Å². The van der Waals surface area contributed by atoms with E-state index in [1.165, 1.54) is 6.26 Å². The Hall–Kier alpha value is -2.51. The maximum Gasteiger partial charge on any atom is 0.317 e. The lowest BCUT2D eigenvalue weighted by molar-refractivity contribution is -0.138. The molecule has 8 nitrogen and oxygen atoms in total. The third-order valence-electron chi connectivity index (χ3n) is 5.15. The van der Waals surface area contributed by atoms with E-state index in [4.69, 9.17) is 4.42 Å². The number of hydrogen-bond donors (Lipinski definition) is 1. The van der Waals surface area contributed by atoms with Gasteiger partial charge in [-0.05, 0) is 38.8 Å². The van der Waals surface area contributed by atoms with Crippen LogP contribution in [-0.4, -0.2) is 77.9 Å². The zero-order valence-electron chi connectivity index (χ0n) is 16.0. The fraction of sp³-hybridized carbons (Fsp3) is 0.632. The molecule has 1 aromatic rings. The van der Waals surface area contributed by atoms with E-state index in [0.29, 0.717) is 57.9 Å². The number of carbonyl (C=O) groups is 3. The van der Waals surface area contributed by atoms with Crippen LogP contribution >= 0.6 is 0 Å². The van der Waals surface area contributed by atoms with E-state index >= 15 is 0 Å². The molecule has 8 heteroatoms. The Morgan fingerprint density at radius 1 is 1.00 bits per heavy atom. The van der Waals surface area contributed by atoms with Gasteiger partial charge in [-0.25, -0.2) is 4.79 Å². The molecule has 148 valence electrons. The van der Waals surface area contributed by atoms with Crippen molar-refractivity contribution >= 4 is 17.8 Å². The zero-order valence-corrected chi connectivity index (χ0v) is 16.0. The highest BCUT2D eigenvalue weighted by Crippen LogP contribution is 2.21. The molecule has 0 spiro atoms. The van der Waals surface area contributed by atoms with Gasteiger partial charge in [-0.1, -0.05) is 0 Å².